The summed E-state index contributed by atoms with van der Waals surface area (Å²) in [5, 5.41) is 7.07. The number of para-hydroxylation sites is 1. The zero-order chi connectivity index (χ0) is 15.5. The number of amides is 1. The summed E-state index contributed by atoms with van der Waals surface area (Å²) in [5.41, 5.74) is 2.15. The van der Waals surface area contributed by atoms with E-state index < -0.39 is 0 Å². The van der Waals surface area contributed by atoms with Crippen molar-refractivity contribution in [3.05, 3.63) is 58.2 Å². The Morgan fingerprint density at radius 2 is 2.05 bits per heavy atom. The Hall–Kier alpha value is -2.27. The lowest BCUT2D eigenvalue weighted by Crippen LogP contribution is -2.27. The molecular formula is C17H17N3OS. The van der Waals surface area contributed by atoms with Crippen LogP contribution in [0.4, 0.5) is 0 Å². The standard InChI is InChI=1S/C17H17N3OS/c1-3-16-20-15(10-22-16)11(2)18-17(21)14-9-8-12-6-4-5-7-13(12)19-14/h4-11H,3H2,1-2H3,(H,18,21). The maximum absolute atomic E-state index is 12.4. The zero-order valence-corrected chi connectivity index (χ0v) is 13.4. The van der Waals surface area contributed by atoms with Gasteiger partial charge in [0.2, 0.25) is 0 Å². The molecule has 4 nitrogen and oxygen atoms in total. The number of nitrogens with one attached hydrogen (secondary N) is 1. The molecule has 3 aromatic rings. The van der Waals surface area contributed by atoms with Crippen molar-refractivity contribution in [3.8, 4) is 0 Å². The highest BCUT2D eigenvalue weighted by Crippen LogP contribution is 2.18. The number of rotatable bonds is 4. The van der Waals surface area contributed by atoms with Crippen LogP contribution in [0.25, 0.3) is 10.9 Å². The van der Waals surface area contributed by atoms with E-state index in [4.69, 9.17) is 0 Å². The Morgan fingerprint density at radius 1 is 1.23 bits per heavy atom. The van der Waals surface area contributed by atoms with Gasteiger partial charge >= 0.3 is 0 Å². The Balaban J connectivity index is 1.77. The Bertz CT molecular complexity index is 812. The van der Waals surface area contributed by atoms with Gasteiger partial charge in [0.25, 0.3) is 5.91 Å². The van der Waals surface area contributed by atoms with Crippen molar-refractivity contribution in [1.29, 1.82) is 0 Å². The van der Waals surface area contributed by atoms with Crippen LogP contribution in [0.1, 0.15) is 41.1 Å². The first kappa shape index (κ1) is 14.7. The summed E-state index contributed by atoms with van der Waals surface area (Å²) in [6, 6.07) is 11.3. The lowest BCUT2D eigenvalue weighted by molar-refractivity contribution is 0.0934. The molecule has 0 spiro atoms. The molecule has 0 saturated carbocycles. The predicted octanol–water partition coefficient (Wildman–Crippen LogP) is 3.74. The second-order valence-electron chi connectivity index (χ2n) is 5.10. The molecule has 112 valence electrons. The number of fused-ring (bicyclic) bond motifs is 1. The van der Waals surface area contributed by atoms with Gasteiger partial charge in [-0.15, -0.1) is 11.3 Å². The molecule has 1 N–H and O–H groups in total. The fraction of sp³-hybridized carbons (Fsp3) is 0.235. The molecule has 0 saturated heterocycles. The minimum absolute atomic E-state index is 0.127. The second-order valence-corrected chi connectivity index (χ2v) is 6.05. The second kappa shape index (κ2) is 6.23. The third-order valence-electron chi connectivity index (χ3n) is 3.49. The highest BCUT2D eigenvalue weighted by atomic mass is 32.1. The number of hydrogen-bond donors (Lipinski definition) is 1. The lowest BCUT2D eigenvalue weighted by atomic mass is 10.2. The maximum atomic E-state index is 12.4. The minimum atomic E-state index is -0.177. The van der Waals surface area contributed by atoms with Crippen LogP contribution in [0, 0.1) is 0 Å². The molecular weight excluding hydrogens is 294 g/mol. The Morgan fingerprint density at radius 3 is 2.82 bits per heavy atom. The van der Waals surface area contributed by atoms with Crippen molar-refractivity contribution < 1.29 is 4.79 Å². The zero-order valence-electron chi connectivity index (χ0n) is 12.5. The number of thiazole rings is 1. The van der Waals surface area contributed by atoms with Crippen molar-refractivity contribution in [2.45, 2.75) is 26.3 Å². The average Bonchev–Trinajstić information content (AvgIpc) is 3.03. The van der Waals surface area contributed by atoms with Gasteiger partial charge in [0.05, 0.1) is 22.3 Å². The summed E-state index contributed by atoms with van der Waals surface area (Å²) in [6.07, 6.45) is 0.914. The molecule has 1 aromatic carbocycles. The van der Waals surface area contributed by atoms with Crippen LogP contribution >= 0.6 is 11.3 Å². The van der Waals surface area contributed by atoms with Gasteiger partial charge in [-0.2, -0.15) is 0 Å². The van der Waals surface area contributed by atoms with Gasteiger partial charge in [-0.05, 0) is 25.5 Å². The molecule has 0 aliphatic heterocycles. The van der Waals surface area contributed by atoms with Crippen LogP contribution in [0.5, 0.6) is 0 Å². The van der Waals surface area contributed by atoms with E-state index in [2.05, 4.69) is 22.2 Å². The highest BCUT2D eigenvalue weighted by Gasteiger charge is 2.15. The minimum Gasteiger partial charge on any atom is -0.343 e. The lowest BCUT2D eigenvalue weighted by Gasteiger charge is -2.11. The molecule has 0 aliphatic rings. The van der Waals surface area contributed by atoms with E-state index in [9.17, 15) is 4.79 Å². The smallest absolute Gasteiger partial charge is 0.270 e. The van der Waals surface area contributed by atoms with Gasteiger partial charge < -0.3 is 5.32 Å². The maximum Gasteiger partial charge on any atom is 0.270 e. The first-order chi connectivity index (χ1) is 10.7. The van der Waals surface area contributed by atoms with Gasteiger partial charge in [0.15, 0.2) is 0 Å². The summed E-state index contributed by atoms with van der Waals surface area (Å²) >= 11 is 1.62. The third kappa shape index (κ3) is 2.99. The molecule has 0 fully saturated rings. The molecule has 1 atom stereocenters. The van der Waals surface area contributed by atoms with Gasteiger partial charge in [-0.25, -0.2) is 9.97 Å². The molecule has 0 radical (unpaired) electrons. The van der Waals surface area contributed by atoms with Gasteiger partial charge in [0, 0.05) is 10.8 Å². The van der Waals surface area contributed by atoms with Crippen molar-refractivity contribution in [1.82, 2.24) is 15.3 Å². The average molecular weight is 311 g/mol. The fourth-order valence-electron chi connectivity index (χ4n) is 2.22. The molecule has 22 heavy (non-hydrogen) atoms. The first-order valence-corrected chi connectivity index (χ1v) is 8.16. The number of aromatic nitrogens is 2. The number of carbonyl (C=O) groups excluding carboxylic acids is 1. The molecule has 1 unspecified atom stereocenters. The number of aryl methyl sites for hydroxylation is 1. The van der Waals surface area contributed by atoms with Crippen molar-refractivity contribution in [2.75, 3.05) is 0 Å². The van der Waals surface area contributed by atoms with E-state index in [1.807, 2.05) is 42.6 Å². The number of carbonyl (C=O) groups is 1. The van der Waals surface area contributed by atoms with Crippen LogP contribution in [0.3, 0.4) is 0 Å². The van der Waals surface area contributed by atoms with Crippen LogP contribution < -0.4 is 5.32 Å². The van der Waals surface area contributed by atoms with E-state index >= 15 is 0 Å². The number of pyridine rings is 1. The Kier molecular flexibility index (Phi) is 4.15. The van der Waals surface area contributed by atoms with Crippen molar-refractivity contribution in [3.63, 3.8) is 0 Å². The SMILES string of the molecule is CCc1nc(C(C)NC(=O)c2ccc3ccccc3n2)cs1. The van der Waals surface area contributed by atoms with Crippen LogP contribution in [0.15, 0.2) is 41.8 Å². The van der Waals surface area contributed by atoms with Gasteiger partial charge in [-0.1, -0.05) is 31.2 Å². The van der Waals surface area contributed by atoms with Crippen molar-refractivity contribution in [2.24, 2.45) is 0 Å². The number of hydrogen-bond acceptors (Lipinski definition) is 4. The normalized spacial score (nSPS) is 12.3. The largest absolute Gasteiger partial charge is 0.343 e. The topological polar surface area (TPSA) is 54.9 Å². The molecule has 1 amide bonds. The third-order valence-corrected chi connectivity index (χ3v) is 4.51. The van der Waals surface area contributed by atoms with E-state index in [1.54, 1.807) is 17.4 Å². The monoisotopic (exact) mass is 311 g/mol. The van der Waals surface area contributed by atoms with Crippen LogP contribution in [-0.4, -0.2) is 15.9 Å². The van der Waals surface area contributed by atoms with E-state index in [-0.39, 0.29) is 11.9 Å². The Labute approximate surface area is 133 Å². The predicted molar refractivity (Wildman–Crippen MR) is 89.1 cm³/mol. The number of benzene rings is 1. The summed E-state index contributed by atoms with van der Waals surface area (Å²) in [4.78, 5) is 21.3. The van der Waals surface area contributed by atoms with Crippen molar-refractivity contribution >= 4 is 28.1 Å². The molecule has 5 heteroatoms. The molecule has 0 bridgehead atoms. The van der Waals surface area contributed by atoms with Gasteiger partial charge in [0.1, 0.15) is 5.69 Å². The quantitative estimate of drug-likeness (QED) is 0.798. The van der Waals surface area contributed by atoms with Gasteiger partial charge in [-0.3, -0.25) is 4.79 Å². The van der Waals surface area contributed by atoms with E-state index in [0.29, 0.717) is 5.69 Å². The van der Waals surface area contributed by atoms with Crippen LogP contribution in [0.2, 0.25) is 0 Å². The fourth-order valence-corrected chi connectivity index (χ4v) is 3.06. The molecule has 2 aromatic heterocycles. The van der Waals surface area contributed by atoms with E-state index in [1.165, 1.54) is 0 Å². The number of nitrogens with zero attached hydrogens (tertiary/aromatic N) is 2. The summed E-state index contributed by atoms with van der Waals surface area (Å²) < 4.78 is 0. The molecule has 2 heterocycles. The summed E-state index contributed by atoms with van der Waals surface area (Å²) in [6.45, 7) is 4.01. The first-order valence-electron chi connectivity index (χ1n) is 7.28. The molecule has 3 rings (SSSR count). The molecule has 0 aliphatic carbocycles. The van der Waals surface area contributed by atoms with E-state index in [0.717, 1.165) is 28.0 Å². The summed E-state index contributed by atoms with van der Waals surface area (Å²) in [7, 11) is 0. The van der Waals surface area contributed by atoms with Crippen LogP contribution in [-0.2, 0) is 6.42 Å². The highest BCUT2D eigenvalue weighted by molar-refractivity contribution is 7.09. The summed E-state index contributed by atoms with van der Waals surface area (Å²) in [5.74, 6) is -0.177.